The first-order chi connectivity index (χ1) is 16.6. The summed E-state index contributed by atoms with van der Waals surface area (Å²) in [5.41, 5.74) is 0. The van der Waals surface area contributed by atoms with Crippen molar-refractivity contribution < 1.29 is 19.1 Å². The van der Waals surface area contributed by atoms with Gasteiger partial charge in [-0.05, 0) is 31.0 Å². The molecule has 0 bridgehead atoms. The highest BCUT2D eigenvalue weighted by Crippen LogP contribution is 2.18. The second kappa shape index (κ2) is 21.9. The molecule has 0 spiro atoms. The van der Waals surface area contributed by atoms with Crippen molar-refractivity contribution in [2.24, 2.45) is 0 Å². The maximum absolute atomic E-state index is 11.8. The third kappa shape index (κ3) is 18.8. The van der Waals surface area contributed by atoms with Gasteiger partial charge in [0.2, 0.25) is 0 Å². The van der Waals surface area contributed by atoms with Crippen LogP contribution >= 0.6 is 11.6 Å². The smallest absolute Gasteiger partial charge is 0.311 e. The van der Waals surface area contributed by atoms with Gasteiger partial charge in [0.1, 0.15) is 5.75 Å². The largest absolute Gasteiger partial charge is 0.466 e. The average molecular weight is 495 g/mol. The maximum Gasteiger partial charge on any atom is 0.311 e. The minimum atomic E-state index is -0.368. The lowest BCUT2D eigenvalue weighted by atomic mass is 10.0. The molecule has 0 aliphatic carbocycles. The van der Waals surface area contributed by atoms with Crippen LogP contribution in [0.4, 0.5) is 0 Å². The summed E-state index contributed by atoms with van der Waals surface area (Å²) in [5.74, 6) is -0.187. The number of rotatable bonds is 22. The van der Waals surface area contributed by atoms with Gasteiger partial charge in [0.15, 0.2) is 0 Å². The van der Waals surface area contributed by atoms with Crippen LogP contribution in [0.5, 0.6) is 5.75 Å². The summed E-state index contributed by atoms with van der Waals surface area (Å²) in [4.78, 5) is 23.6. The van der Waals surface area contributed by atoms with Crippen LogP contribution in [0, 0.1) is 0 Å². The summed E-state index contributed by atoms with van der Waals surface area (Å²) in [6, 6.07) is 6.71. The summed E-state index contributed by atoms with van der Waals surface area (Å²) < 4.78 is 10.5. The lowest BCUT2D eigenvalue weighted by molar-refractivity contribution is -0.144. The summed E-state index contributed by atoms with van der Waals surface area (Å²) in [5, 5.41) is 0.517. The van der Waals surface area contributed by atoms with E-state index in [4.69, 9.17) is 21.1 Å². The van der Waals surface area contributed by atoms with Gasteiger partial charge in [0.25, 0.3) is 0 Å². The van der Waals surface area contributed by atoms with Gasteiger partial charge in [-0.2, -0.15) is 0 Å². The number of carbonyl (C=O) groups excluding carboxylic acids is 2. The van der Waals surface area contributed by atoms with E-state index in [1.165, 1.54) is 89.9 Å². The van der Waals surface area contributed by atoms with Crippen LogP contribution in [0.2, 0.25) is 5.02 Å². The van der Waals surface area contributed by atoms with Crippen LogP contribution in [0.3, 0.4) is 0 Å². The molecular weight excluding hydrogens is 448 g/mol. The first-order valence-electron chi connectivity index (χ1n) is 13.7. The molecule has 5 heteroatoms. The maximum atomic E-state index is 11.8. The third-order valence-electron chi connectivity index (χ3n) is 6.05. The molecule has 0 aromatic heterocycles. The van der Waals surface area contributed by atoms with Crippen LogP contribution in [0.25, 0.3) is 0 Å². The molecule has 1 aromatic rings. The van der Waals surface area contributed by atoms with Crippen molar-refractivity contribution in [2.45, 2.75) is 129 Å². The number of carbonyl (C=O) groups is 2. The van der Waals surface area contributed by atoms with E-state index in [0.29, 0.717) is 23.8 Å². The van der Waals surface area contributed by atoms with E-state index in [1.54, 1.807) is 24.3 Å². The first-order valence-corrected chi connectivity index (χ1v) is 14.1. The molecule has 0 aliphatic heterocycles. The SMILES string of the molecule is CCCCCCCCCCCCCCCCCCOC(=O)CCCC(=O)Oc1cccc(Cl)c1. The Kier molecular flexibility index (Phi) is 19.7. The zero-order valence-corrected chi connectivity index (χ0v) is 22.2. The van der Waals surface area contributed by atoms with Gasteiger partial charge in [-0.3, -0.25) is 9.59 Å². The van der Waals surface area contributed by atoms with Gasteiger partial charge in [-0.1, -0.05) is 121 Å². The molecule has 4 nitrogen and oxygen atoms in total. The Morgan fingerprint density at radius 1 is 0.676 bits per heavy atom. The fourth-order valence-electron chi connectivity index (χ4n) is 4.00. The van der Waals surface area contributed by atoms with Crippen LogP contribution in [-0.2, 0) is 14.3 Å². The monoisotopic (exact) mass is 494 g/mol. The van der Waals surface area contributed by atoms with Crippen molar-refractivity contribution in [1.29, 1.82) is 0 Å². The second-order valence-corrected chi connectivity index (χ2v) is 9.75. The Morgan fingerprint density at radius 3 is 1.71 bits per heavy atom. The zero-order chi connectivity index (χ0) is 24.7. The van der Waals surface area contributed by atoms with Gasteiger partial charge in [-0.25, -0.2) is 0 Å². The molecule has 34 heavy (non-hydrogen) atoms. The van der Waals surface area contributed by atoms with E-state index >= 15 is 0 Å². The summed E-state index contributed by atoms with van der Waals surface area (Å²) in [6.07, 6.45) is 22.1. The lowest BCUT2D eigenvalue weighted by Gasteiger charge is -2.06. The third-order valence-corrected chi connectivity index (χ3v) is 6.29. The predicted octanol–water partition coefficient (Wildman–Crippen LogP) is 9.22. The van der Waals surface area contributed by atoms with E-state index in [9.17, 15) is 9.59 Å². The number of esters is 2. The van der Waals surface area contributed by atoms with Crippen molar-refractivity contribution in [2.75, 3.05) is 6.61 Å². The molecule has 0 saturated heterocycles. The van der Waals surface area contributed by atoms with Crippen LogP contribution in [0.1, 0.15) is 129 Å². The van der Waals surface area contributed by atoms with E-state index in [-0.39, 0.29) is 24.8 Å². The number of ether oxygens (including phenoxy) is 2. The number of benzene rings is 1. The molecule has 0 fully saturated rings. The zero-order valence-electron chi connectivity index (χ0n) is 21.5. The van der Waals surface area contributed by atoms with Gasteiger partial charge in [0.05, 0.1) is 6.61 Å². The molecular formula is C29H47ClO4. The van der Waals surface area contributed by atoms with E-state index in [2.05, 4.69) is 6.92 Å². The van der Waals surface area contributed by atoms with Crippen molar-refractivity contribution in [3.05, 3.63) is 29.3 Å². The van der Waals surface area contributed by atoms with Gasteiger partial charge in [0, 0.05) is 17.9 Å². The quantitative estimate of drug-likeness (QED) is 0.0915. The van der Waals surface area contributed by atoms with E-state index in [0.717, 1.165) is 12.8 Å². The minimum Gasteiger partial charge on any atom is -0.466 e. The standard InChI is InChI=1S/C29H47ClO4/c1-2-3-4-5-6-7-8-9-10-11-12-13-14-15-16-17-24-33-28(31)22-19-23-29(32)34-27-21-18-20-26(30)25-27/h18,20-21,25H,2-17,19,22-24H2,1H3. The fraction of sp³-hybridized carbons (Fsp3) is 0.724. The molecule has 1 rings (SSSR count). The average Bonchev–Trinajstić information content (AvgIpc) is 2.81. The molecule has 0 N–H and O–H groups in total. The van der Waals surface area contributed by atoms with Gasteiger partial charge < -0.3 is 9.47 Å². The summed E-state index contributed by atoms with van der Waals surface area (Å²) in [6.45, 7) is 2.75. The Balaban J connectivity index is 1.81. The molecule has 0 saturated carbocycles. The Labute approximate surface area is 213 Å². The molecule has 0 aliphatic rings. The van der Waals surface area contributed by atoms with Crippen LogP contribution in [-0.4, -0.2) is 18.5 Å². The first kappa shape index (κ1) is 30.5. The van der Waals surface area contributed by atoms with E-state index < -0.39 is 0 Å². The minimum absolute atomic E-state index is 0.181. The number of unbranched alkanes of at least 4 members (excludes halogenated alkanes) is 15. The lowest BCUT2D eigenvalue weighted by Crippen LogP contribution is -2.10. The molecule has 0 heterocycles. The van der Waals surface area contributed by atoms with Crippen molar-refractivity contribution in [1.82, 2.24) is 0 Å². The second-order valence-electron chi connectivity index (χ2n) is 9.31. The highest BCUT2D eigenvalue weighted by molar-refractivity contribution is 6.30. The summed E-state index contributed by atoms with van der Waals surface area (Å²) in [7, 11) is 0. The van der Waals surface area contributed by atoms with Crippen molar-refractivity contribution in [3.8, 4) is 5.75 Å². The van der Waals surface area contributed by atoms with E-state index in [1.807, 2.05) is 0 Å². The molecule has 1 aromatic carbocycles. The van der Waals surface area contributed by atoms with Crippen molar-refractivity contribution >= 4 is 23.5 Å². The fourth-order valence-corrected chi connectivity index (χ4v) is 4.18. The highest BCUT2D eigenvalue weighted by Gasteiger charge is 2.08. The molecule has 194 valence electrons. The normalized spacial score (nSPS) is 10.9. The van der Waals surface area contributed by atoms with Crippen LogP contribution in [0.15, 0.2) is 24.3 Å². The molecule has 0 radical (unpaired) electrons. The molecule has 0 amide bonds. The number of hydrogen-bond acceptors (Lipinski definition) is 4. The molecule has 0 unspecified atom stereocenters. The Bertz CT molecular complexity index is 647. The van der Waals surface area contributed by atoms with Crippen molar-refractivity contribution in [3.63, 3.8) is 0 Å². The topological polar surface area (TPSA) is 52.6 Å². The van der Waals surface area contributed by atoms with Gasteiger partial charge >= 0.3 is 11.9 Å². The number of halogens is 1. The van der Waals surface area contributed by atoms with Gasteiger partial charge in [-0.15, -0.1) is 0 Å². The van der Waals surface area contributed by atoms with Crippen LogP contribution < -0.4 is 4.74 Å². The Morgan fingerprint density at radius 2 is 1.18 bits per heavy atom. The Hall–Kier alpha value is -1.55. The number of hydrogen-bond donors (Lipinski definition) is 0. The highest BCUT2D eigenvalue weighted by atomic mass is 35.5. The predicted molar refractivity (Wildman–Crippen MR) is 141 cm³/mol. The molecule has 0 atom stereocenters. The summed E-state index contributed by atoms with van der Waals surface area (Å²) >= 11 is 5.86.